The Morgan fingerprint density at radius 2 is 1.76 bits per heavy atom. The van der Waals surface area contributed by atoms with E-state index in [-0.39, 0.29) is 23.4 Å². The van der Waals surface area contributed by atoms with E-state index in [0.717, 1.165) is 12.5 Å². The lowest BCUT2D eigenvalue weighted by Crippen LogP contribution is -2.57. The maximum Gasteiger partial charge on any atom is 0.303 e. The third kappa shape index (κ3) is 7.04. The normalized spacial score (nSPS) is 23.4. The highest BCUT2D eigenvalue weighted by atomic mass is 32.2. The Balaban J connectivity index is 2.10. The molecule has 202 valence electrons. The van der Waals surface area contributed by atoms with Crippen LogP contribution < -0.4 is 0 Å². The van der Waals surface area contributed by atoms with Gasteiger partial charge in [-0.2, -0.15) is 0 Å². The van der Waals surface area contributed by atoms with E-state index in [0.29, 0.717) is 5.75 Å². The SMILES string of the molecule is CCCS[C@H]1OC(COC(C)=O)[C@H](OC(C)=O)C(n2cc(-c3cc(C)c(F)c(F)c3)nn2)C1OC(C)=O. The molecule has 37 heavy (non-hydrogen) atoms. The smallest absolute Gasteiger partial charge is 0.303 e. The van der Waals surface area contributed by atoms with Gasteiger partial charge >= 0.3 is 17.9 Å². The van der Waals surface area contributed by atoms with Gasteiger partial charge in [0.25, 0.3) is 0 Å². The third-order valence-corrected chi connectivity index (χ3v) is 6.83. The summed E-state index contributed by atoms with van der Waals surface area (Å²) in [6, 6.07) is 1.48. The zero-order valence-electron chi connectivity index (χ0n) is 21.1. The molecule has 0 N–H and O–H groups in total. The lowest BCUT2D eigenvalue weighted by Gasteiger charge is -2.44. The maximum absolute atomic E-state index is 14.1. The van der Waals surface area contributed by atoms with Crippen molar-refractivity contribution in [3.8, 4) is 11.3 Å². The third-order valence-electron chi connectivity index (χ3n) is 5.48. The number of benzene rings is 1. The number of ether oxygens (including phenoxy) is 4. The quantitative estimate of drug-likeness (QED) is 0.345. The molecule has 3 unspecified atom stereocenters. The first-order chi connectivity index (χ1) is 17.5. The summed E-state index contributed by atoms with van der Waals surface area (Å²) in [5.74, 6) is -3.15. The molecule has 5 atom stereocenters. The average Bonchev–Trinajstić information content (AvgIpc) is 3.30. The molecule has 0 spiro atoms. The van der Waals surface area contributed by atoms with Gasteiger partial charge in [0.05, 0.1) is 6.20 Å². The fourth-order valence-electron chi connectivity index (χ4n) is 3.98. The largest absolute Gasteiger partial charge is 0.463 e. The highest BCUT2D eigenvalue weighted by Crippen LogP contribution is 2.39. The summed E-state index contributed by atoms with van der Waals surface area (Å²) in [7, 11) is 0. The monoisotopic (exact) mass is 541 g/mol. The van der Waals surface area contributed by atoms with E-state index in [9.17, 15) is 23.2 Å². The fourth-order valence-corrected chi connectivity index (χ4v) is 5.08. The molecule has 0 aliphatic carbocycles. The number of aromatic nitrogens is 3. The molecule has 0 saturated carbocycles. The first-order valence-corrected chi connectivity index (χ1v) is 12.7. The second-order valence-electron chi connectivity index (χ2n) is 8.53. The maximum atomic E-state index is 14.1. The van der Waals surface area contributed by atoms with E-state index in [1.54, 1.807) is 0 Å². The topological polar surface area (TPSA) is 119 Å². The number of carbonyl (C=O) groups excluding carboxylic acids is 3. The highest BCUT2D eigenvalue weighted by molar-refractivity contribution is 7.99. The van der Waals surface area contributed by atoms with E-state index in [1.165, 1.54) is 56.4 Å². The molecule has 13 heteroatoms. The second kappa shape index (κ2) is 12.5. The number of hydrogen-bond donors (Lipinski definition) is 0. The standard InChI is InChI=1S/C24H29F2N3O7S/c1-6-7-37-24-23(35-15(5)32)21(22(34-14(4)31)19(36-24)11-33-13(3)30)29-10-18(27-28-29)16-8-12(2)20(26)17(25)9-16/h8-10,19,21-24H,6-7,11H2,1-5H3/t19?,21?,22-,23?,24+/m0/s1. The summed E-state index contributed by atoms with van der Waals surface area (Å²) in [6.45, 7) is 6.84. The summed E-state index contributed by atoms with van der Waals surface area (Å²) in [4.78, 5) is 35.7. The van der Waals surface area contributed by atoms with E-state index < -0.39 is 59.3 Å². The van der Waals surface area contributed by atoms with Crippen LogP contribution in [-0.2, 0) is 33.3 Å². The molecule has 0 amide bonds. The van der Waals surface area contributed by atoms with Crippen LogP contribution in [0.25, 0.3) is 11.3 Å². The summed E-state index contributed by atoms with van der Waals surface area (Å²) in [6.07, 6.45) is -0.738. The molecular weight excluding hydrogens is 512 g/mol. The van der Waals surface area contributed by atoms with Crippen LogP contribution in [0.3, 0.4) is 0 Å². The van der Waals surface area contributed by atoms with Crippen LogP contribution in [0.2, 0.25) is 0 Å². The van der Waals surface area contributed by atoms with Gasteiger partial charge in [-0.3, -0.25) is 14.4 Å². The van der Waals surface area contributed by atoms with Crippen molar-refractivity contribution in [2.24, 2.45) is 0 Å². The van der Waals surface area contributed by atoms with Crippen LogP contribution in [-0.4, -0.2) is 69.0 Å². The van der Waals surface area contributed by atoms with Crippen LogP contribution in [0.4, 0.5) is 8.78 Å². The van der Waals surface area contributed by atoms with Crippen molar-refractivity contribution in [2.45, 2.75) is 70.8 Å². The lowest BCUT2D eigenvalue weighted by atomic mass is 9.96. The van der Waals surface area contributed by atoms with Gasteiger partial charge < -0.3 is 18.9 Å². The van der Waals surface area contributed by atoms with Crippen molar-refractivity contribution < 1.29 is 42.1 Å². The number of hydrogen-bond acceptors (Lipinski definition) is 10. The summed E-state index contributed by atoms with van der Waals surface area (Å²) >= 11 is 1.38. The predicted octanol–water partition coefficient (Wildman–Crippen LogP) is 3.37. The van der Waals surface area contributed by atoms with E-state index >= 15 is 0 Å². The predicted molar refractivity (Wildman–Crippen MR) is 128 cm³/mol. The van der Waals surface area contributed by atoms with E-state index in [4.69, 9.17) is 18.9 Å². The minimum absolute atomic E-state index is 0.0867. The van der Waals surface area contributed by atoms with Crippen molar-refractivity contribution >= 4 is 29.7 Å². The lowest BCUT2D eigenvalue weighted by molar-refractivity contribution is -0.212. The Morgan fingerprint density at radius 3 is 2.35 bits per heavy atom. The van der Waals surface area contributed by atoms with E-state index in [2.05, 4.69) is 10.3 Å². The van der Waals surface area contributed by atoms with Crippen molar-refractivity contribution in [1.82, 2.24) is 15.0 Å². The molecule has 1 aliphatic rings. The first kappa shape index (κ1) is 28.5. The van der Waals surface area contributed by atoms with Crippen LogP contribution in [0.5, 0.6) is 0 Å². The van der Waals surface area contributed by atoms with Gasteiger partial charge in [-0.25, -0.2) is 13.5 Å². The van der Waals surface area contributed by atoms with Crippen molar-refractivity contribution in [1.29, 1.82) is 0 Å². The molecule has 1 aromatic heterocycles. The molecule has 3 rings (SSSR count). The Morgan fingerprint density at radius 1 is 1.08 bits per heavy atom. The molecule has 0 bridgehead atoms. The molecule has 1 saturated heterocycles. The second-order valence-corrected chi connectivity index (χ2v) is 9.73. The Labute approximate surface area is 217 Å². The molecule has 2 aromatic rings. The molecule has 1 aromatic carbocycles. The number of thioether (sulfide) groups is 1. The van der Waals surface area contributed by atoms with Crippen LogP contribution in [0.1, 0.15) is 45.7 Å². The average molecular weight is 542 g/mol. The Kier molecular flexibility index (Phi) is 9.60. The van der Waals surface area contributed by atoms with E-state index in [1.807, 2.05) is 6.92 Å². The number of aryl methyl sites for hydroxylation is 1. The zero-order chi connectivity index (χ0) is 27.3. The van der Waals surface area contributed by atoms with Gasteiger partial charge in [0.2, 0.25) is 0 Å². The molecule has 10 nitrogen and oxygen atoms in total. The van der Waals surface area contributed by atoms with Gasteiger partial charge in [0, 0.05) is 26.3 Å². The first-order valence-electron chi connectivity index (χ1n) is 11.6. The summed E-state index contributed by atoms with van der Waals surface area (Å²) in [5.41, 5.74) is -0.148. The molecular formula is C24H29F2N3O7S. The van der Waals surface area contributed by atoms with Gasteiger partial charge in [-0.15, -0.1) is 16.9 Å². The molecule has 2 heterocycles. The van der Waals surface area contributed by atoms with Crippen LogP contribution in [0, 0.1) is 18.6 Å². The molecule has 1 fully saturated rings. The summed E-state index contributed by atoms with van der Waals surface area (Å²) < 4.78 is 51.7. The van der Waals surface area contributed by atoms with Crippen molar-refractivity contribution in [3.05, 3.63) is 35.5 Å². The molecule has 0 radical (unpaired) electrons. The van der Waals surface area contributed by atoms with Crippen molar-refractivity contribution in [3.63, 3.8) is 0 Å². The number of carbonyl (C=O) groups is 3. The van der Waals surface area contributed by atoms with Crippen LogP contribution in [0.15, 0.2) is 18.3 Å². The fraction of sp³-hybridized carbons (Fsp3) is 0.542. The minimum atomic E-state index is -1.10. The number of rotatable bonds is 9. The Hall–Kier alpha value is -3.06. The number of esters is 3. The van der Waals surface area contributed by atoms with Crippen LogP contribution >= 0.6 is 11.8 Å². The van der Waals surface area contributed by atoms with Gasteiger partial charge in [0.1, 0.15) is 29.9 Å². The molecule has 1 aliphatic heterocycles. The number of halogens is 2. The minimum Gasteiger partial charge on any atom is -0.463 e. The Bertz CT molecular complexity index is 1120. The van der Waals surface area contributed by atoms with Gasteiger partial charge in [0.15, 0.2) is 23.8 Å². The van der Waals surface area contributed by atoms with Crippen molar-refractivity contribution in [2.75, 3.05) is 12.4 Å². The van der Waals surface area contributed by atoms with Gasteiger partial charge in [-0.1, -0.05) is 12.1 Å². The highest BCUT2D eigenvalue weighted by Gasteiger charge is 2.51. The number of nitrogens with zero attached hydrogens (tertiary/aromatic N) is 3. The summed E-state index contributed by atoms with van der Waals surface area (Å²) in [5, 5.41) is 8.25. The van der Waals surface area contributed by atoms with Gasteiger partial charge in [-0.05, 0) is 36.8 Å². The zero-order valence-corrected chi connectivity index (χ0v) is 21.9.